The van der Waals surface area contributed by atoms with E-state index in [2.05, 4.69) is 4.99 Å². The third kappa shape index (κ3) is 4.97. The molecule has 3 aromatic rings. The van der Waals surface area contributed by atoms with Gasteiger partial charge in [-0.2, -0.15) is 4.99 Å². The Kier molecular flexibility index (Phi) is 6.66. The fourth-order valence-corrected chi connectivity index (χ4v) is 3.93. The number of hydrogen-bond acceptors (Lipinski definition) is 4. The summed E-state index contributed by atoms with van der Waals surface area (Å²) in [7, 11) is 0. The Morgan fingerprint density at radius 3 is 2.78 bits per heavy atom. The van der Waals surface area contributed by atoms with Crippen LogP contribution < -0.4 is 9.54 Å². The van der Waals surface area contributed by atoms with Crippen molar-refractivity contribution in [2.24, 2.45) is 4.99 Å². The molecule has 0 fully saturated rings. The minimum atomic E-state index is -0.679. The molecule has 1 amide bonds. The van der Waals surface area contributed by atoms with Crippen LogP contribution in [0.2, 0.25) is 5.02 Å². The summed E-state index contributed by atoms with van der Waals surface area (Å²) in [4.78, 5) is 17.5. The number of ether oxygens (including phenoxy) is 2. The second-order valence-electron chi connectivity index (χ2n) is 5.87. The zero-order valence-electron chi connectivity index (χ0n) is 15.2. The summed E-state index contributed by atoms with van der Waals surface area (Å²) >= 11 is 7.54. The molecule has 27 heavy (non-hydrogen) atoms. The molecule has 0 saturated carbocycles. The first kappa shape index (κ1) is 19.6. The average molecular weight is 405 g/mol. The summed E-state index contributed by atoms with van der Waals surface area (Å²) in [5.74, 6) is 0.308. The molecule has 1 unspecified atom stereocenters. The quantitative estimate of drug-likeness (QED) is 0.552. The lowest BCUT2D eigenvalue weighted by atomic mass is 10.3. The lowest BCUT2D eigenvalue weighted by molar-refractivity contribution is -0.124. The maximum absolute atomic E-state index is 12.6. The Labute approximate surface area is 166 Å². The van der Waals surface area contributed by atoms with Crippen molar-refractivity contribution < 1.29 is 14.3 Å². The van der Waals surface area contributed by atoms with Crippen molar-refractivity contribution in [3.63, 3.8) is 0 Å². The van der Waals surface area contributed by atoms with Crippen molar-refractivity contribution in [2.45, 2.75) is 26.5 Å². The minimum absolute atomic E-state index is 0.332. The van der Waals surface area contributed by atoms with Crippen LogP contribution in [-0.2, 0) is 16.1 Å². The Morgan fingerprint density at radius 1 is 1.26 bits per heavy atom. The molecule has 142 valence electrons. The molecule has 0 aliphatic carbocycles. The molecule has 3 rings (SSSR count). The van der Waals surface area contributed by atoms with Crippen LogP contribution in [0.15, 0.2) is 53.5 Å². The highest BCUT2D eigenvalue weighted by Crippen LogP contribution is 2.22. The number of rotatable bonds is 7. The molecule has 1 atom stereocenters. The average Bonchev–Trinajstić information content (AvgIpc) is 2.99. The van der Waals surface area contributed by atoms with E-state index in [4.69, 9.17) is 21.1 Å². The summed E-state index contributed by atoms with van der Waals surface area (Å²) in [6, 6.07) is 14.9. The van der Waals surface area contributed by atoms with Crippen molar-refractivity contribution in [1.82, 2.24) is 4.57 Å². The molecule has 0 bridgehead atoms. The van der Waals surface area contributed by atoms with Crippen LogP contribution in [0.3, 0.4) is 0 Å². The van der Waals surface area contributed by atoms with Gasteiger partial charge in [-0.15, -0.1) is 0 Å². The highest BCUT2D eigenvalue weighted by atomic mass is 35.5. The number of aromatic nitrogens is 1. The van der Waals surface area contributed by atoms with Gasteiger partial charge in [-0.05, 0) is 44.2 Å². The fraction of sp³-hybridized carbons (Fsp3) is 0.300. The molecular weight excluding hydrogens is 384 g/mol. The Morgan fingerprint density at radius 2 is 2.04 bits per heavy atom. The molecule has 0 aliphatic heterocycles. The number of carbonyl (C=O) groups is 1. The lowest BCUT2D eigenvalue weighted by Gasteiger charge is -2.11. The van der Waals surface area contributed by atoms with Crippen LogP contribution in [0.5, 0.6) is 5.75 Å². The van der Waals surface area contributed by atoms with Crippen molar-refractivity contribution in [2.75, 3.05) is 13.2 Å². The summed E-state index contributed by atoms with van der Waals surface area (Å²) < 4.78 is 14.1. The second kappa shape index (κ2) is 9.17. The van der Waals surface area contributed by atoms with Crippen LogP contribution in [0.4, 0.5) is 0 Å². The summed E-state index contributed by atoms with van der Waals surface area (Å²) in [6.07, 6.45) is -0.679. The predicted octanol–water partition coefficient (Wildman–Crippen LogP) is 4.29. The van der Waals surface area contributed by atoms with Gasteiger partial charge in [-0.1, -0.05) is 41.1 Å². The first-order valence-corrected chi connectivity index (χ1v) is 9.95. The van der Waals surface area contributed by atoms with Gasteiger partial charge in [0.15, 0.2) is 10.9 Å². The smallest absolute Gasteiger partial charge is 0.289 e. The van der Waals surface area contributed by atoms with Crippen LogP contribution in [0, 0.1) is 0 Å². The maximum atomic E-state index is 12.6. The lowest BCUT2D eigenvalue weighted by Crippen LogP contribution is -2.26. The monoisotopic (exact) mass is 404 g/mol. The zero-order chi connectivity index (χ0) is 19.2. The standard InChI is InChI=1S/C20H21ClN2O3S/c1-3-25-12-11-23-17-10-9-15(21)13-18(17)27-20(23)22-19(24)14(2)26-16-7-5-4-6-8-16/h4-10,13-14H,3,11-12H2,1-2H3. The number of hydrogen-bond donors (Lipinski definition) is 0. The van der Waals surface area contributed by atoms with E-state index in [1.807, 2.05) is 60.0 Å². The van der Waals surface area contributed by atoms with E-state index in [9.17, 15) is 4.79 Å². The van der Waals surface area contributed by atoms with Gasteiger partial charge < -0.3 is 14.0 Å². The van der Waals surface area contributed by atoms with Crippen molar-refractivity contribution >= 4 is 39.1 Å². The second-order valence-corrected chi connectivity index (χ2v) is 7.31. The molecule has 2 aromatic carbocycles. The largest absolute Gasteiger partial charge is 0.481 e. The van der Waals surface area contributed by atoms with Gasteiger partial charge in [0.2, 0.25) is 0 Å². The van der Waals surface area contributed by atoms with E-state index in [0.717, 1.165) is 10.2 Å². The van der Waals surface area contributed by atoms with Crippen molar-refractivity contribution in [3.05, 3.63) is 58.4 Å². The topological polar surface area (TPSA) is 52.8 Å². The molecule has 0 N–H and O–H groups in total. The zero-order valence-corrected chi connectivity index (χ0v) is 16.8. The van der Waals surface area contributed by atoms with Gasteiger partial charge in [0.25, 0.3) is 5.91 Å². The number of halogens is 1. The Balaban J connectivity index is 1.90. The van der Waals surface area contributed by atoms with E-state index in [-0.39, 0.29) is 5.91 Å². The van der Waals surface area contributed by atoms with E-state index >= 15 is 0 Å². The summed E-state index contributed by atoms with van der Waals surface area (Å²) in [6.45, 7) is 5.45. The molecule has 0 spiro atoms. The molecule has 0 saturated heterocycles. The van der Waals surface area contributed by atoms with Gasteiger partial charge >= 0.3 is 0 Å². The number of fused-ring (bicyclic) bond motifs is 1. The van der Waals surface area contributed by atoms with E-state index < -0.39 is 6.10 Å². The first-order valence-electron chi connectivity index (χ1n) is 8.75. The number of amides is 1. The van der Waals surface area contributed by atoms with E-state index in [1.54, 1.807) is 6.92 Å². The van der Waals surface area contributed by atoms with Crippen LogP contribution in [0.1, 0.15) is 13.8 Å². The molecule has 5 nitrogen and oxygen atoms in total. The third-order valence-corrected chi connectivity index (χ3v) is 5.19. The van der Waals surface area contributed by atoms with Crippen molar-refractivity contribution in [3.8, 4) is 5.75 Å². The first-order chi connectivity index (χ1) is 13.1. The normalized spacial score (nSPS) is 13.1. The van der Waals surface area contributed by atoms with Gasteiger partial charge in [0.1, 0.15) is 5.75 Å². The number of para-hydroxylation sites is 1. The Bertz CT molecular complexity index is 982. The highest BCUT2D eigenvalue weighted by molar-refractivity contribution is 7.16. The summed E-state index contributed by atoms with van der Waals surface area (Å²) in [5.41, 5.74) is 0.979. The predicted molar refractivity (Wildman–Crippen MR) is 108 cm³/mol. The van der Waals surface area contributed by atoms with Gasteiger partial charge in [0.05, 0.1) is 16.8 Å². The molecule has 0 aliphatic rings. The van der Waals surface area contributed by atoms with E-state index in [1.165, 1.54) is 11.3 Å². The maximum Gasteiger partial charge on any atom is 0.289 e. The van der Waals surface area contributed by atoms with Gasteiger partial charge in [-0.3, -0.25) is 4.79 Å². The number of thiazole rings is 1. The van der Waals surface area contributed by atoms with Gasteiger partial charge in [0, 0.05) is 18.2 Å². The van der Waals surface area contributed by atoms with E-state index in [0.29, 0.717) is 35.3 Å². The number of nitrogens with zero attached hydrogens (tertiary/aromatic N) is 2. The molecular formula is C20H21ClN2O3S. The van der Waals surface area contributed by atoms with Crippen LogP contribution >= 0.6 is 22.9 Å². The molecule has 1 aromatic heterocycles. The number of carbonyl (C=O) groups excluding carboxylic acids is 1. The van der Waals surface area contributed by atoms with Crippen LogP contribution in [0.25, 0.3) is 10.2 Å². The molecule has 0 radical (unpaired) electrons. The minimum Gasteiger partial charge on any atom is -0.481 e. The third-order valence-electron chi connectivity index (χ3n) is 3.92. The van der Waals surface area contributed by atoms with Crippen LogP contribution in [-0.4, -0.2) is 29.8 Å². The molecule has 7 heteroatoms. The summed E-state index contributed by atoms with van der Waals surface area (Å²) in [5, 5.41) is 0.652. The Hall–Kier alpha value is -2.15. The fourth-order valence-electron chi connectivity index (χ4n) is 2.59. The van der Waals surface area contributed by atoms with Gasteiger partial charge in [-0.25, -0.2) is 0 Å². The van der Waals surface area contributed by atoms with Crippen molar-refractivity contribution in [1.29, 1.82) is 0 Å². The number of benzene rings is 2. The highest BCUT2D eigenvalue weighted by Gasteiger charge is 2.15. The SMILES string of the molecule is CCOCCn1c(=NC(=O)C(C)Oc2ccccc2)sc2cc(Cl)ccc21. The molecule has 1 heterocycles.